The number of hydrogen-bond donors (Lipinski definition) is 4. The van der Waals surface area contributed by atoms with Gasteiger partial charge in [0.15, 0.2) is 0 Å². The van der Waals surface area contributed by atoms with Crippen LogP contribution in [-0.4, -0.2) is 24.8 Å². The first kappa shape index (κ1) is 25.2. The highest BCUT2D eigenvalue weighted by molar-refractivity contribution is 6.11. The van der Waals surface area contributed by atoms with E-state index < -0.39 is 5.91 Å². The average Bonchev–Trinajstić information content (AvgIpc) is 2.93. The number of carbonyl (C=O) groups excluding carboxylic acids is 2. The Balaban J connectivity index is 1.60. The molecule has 8 heteroatoms. The van der Waals surface area contributed by atoms with Gasteiger partial charge in [0.2, 0.25) is 0 Å². The molecule has 0 aromatic heterocycles. The summed E-state index contributed by atoms with van der Waals surface area (Å²) in [5.74, 6) is -0.391. The molecule has 0 heterocycles. The first-order chi connectivity index (χ1) is 18.0. The van der Waals surface area contributed by atoms with Gasteiger partial charge in [-0.05, 0) is 65.2 Å². The zero-order valence-electron chi connectivity index (χ0n) is 20.2. The Morgan fingerprint density at radius 1 is 0.811 bits per heavy atom. The molecule has 37 heavy (non-hydrogen) atoms. The zero-order chi connectivity index (χ0) is 26.2. The maximum absolute atomic E-state index is 13.3. The van der Waals surface area contributed by atoms with Crippen LogP contribution >= 0.6 is 0 Å². The average molecular weight is 495 g/mol. The van der Waals surface area contributed by atoms with Gasteiger partial charge in [-0.3, -0.25) is 19.8 Å². The third kappa shape index (κ3) is 6.19. The summed E-state index contributed by atoms with van der Waals surface area (Å²) < 4.78 is 5.34. The Kier molecular flexibility index (Phi) is 7.92. The molecule has 0 aliphatic heterocycles. The zero-order valence-corrected chi connectivity index (χ0v) is 20.2. The first-order valence-electron chi connectivity index (χ1n) is 11.5. The molecule has 0 fully saturated rings. The van der Waals surface area contributed by atoms with Crippen molar-refractivity contribution in [1.29, 1.82) is 5.41 Å². The molecule has 186 valence electrons. The van der Waals surface area contributed by atoms with Gasteiger partial charge in [-0.15, -0.1) is 0 Å². The Morgan fingerprint density at radius 2 is 1.49 bits per heavy atom. The van der Waals surface area contributed by atoms with Crippen molar-refractivity contribution in [3.05, 3.63) is 119 Å². The summed E-state index contributed by atoms with van der Waals surface area (Å²) in [5, 5.41) is 10.4. The van der Waals surface area contributed by atoms with E-state index in [1.54, 1.807) is 66.7 Å². The van der Waals surface area contributed by atoms with Crippen LogP contribution in [0.25, 0.3) is 11.1 Å². The minimum atomic E-state index is -0.437. The quantitative estimate of drug-likeness (QED) is 0.152. The van der Waals surface area contributed by atoms with Gasteiger partial charge in [-0.2, -0.15) is 0 Å². The van der Waals surface area contributed by atoms with Gasteiger partial charge in [0.1, 0.15) is 11.6 Å². The van der Waals surface area contributed by atoms with Gasteiger partial charge in [0.25, 0.3) is 11.8 Å². The Bertz CT molecular complexity index is 1420. The summed E-state index contributed by atoms with van der Waals surface area (Å²) in [6.07, 6.45) is 0. The van der Waals surface area contributed by atoms with Crippen LogP contribution in [0.4, 0.5) is 5.69 Å². The van der Waals surface area contributed by atoms with Gasteiger partial charge >= 0.3 is 0 Å². The molecule has 0 bridgehead atoms. The number of methoxy groups -OCH3 is 1. The van der Waals surface area contributed by atoms with E-state index in [0.29, 0.717) is 39.3 Å². The summed E-state index contributed by atoms with van der Waals surface area (Å²) in [5.41, 5.74) is 11.8. The van der Waals surface area contributed by atoms with Crippen molar-refractivity contribution in [2.75, 3.05) is 12.4 Å². The molecule has 4 aromatic rings. The van der Waals surface area contributed by atoms with E-state index >= 15 is 0 Å². The molecule has 4 aromatic carbocycles. The van der Waals surface area contributed by atoms with Gasteiger partial charge < -0.3 is 15.8 Å². The second kappa shape index (κ2) is 11.7. The number of anilines is 1. The fourth-order valence-electron chi connectivity index (χ4n) is 3.73. The number of carbonyl (C=O) groups is 2. The van der Waals surface area contributed by atoms with Crippen LogP contribution < -0.4 is 21.3 Å². The summed E-state index contributed by atoms with van der Waals surface area (Å²) in [6, 6.07) is 28.2. The highest BCUT2D eigenvalue weighted by atomic mass is 16.6. The molecular weight excluding hydrogens is 468 g/mol. The molecule has 0 aliphatic carbocycles. The summed E-state index contributed by atoms with van der Waals surface area (Å²) in [4.78, 5) is 31.8. The topological polar surface area (TPSA) is 127 Å². The number of amidine groups is 1. The van der Waals surface area contributed by atoms with E-state index in [1.807, 2.05) is 30.3 Å². The van der Waals surface area contributed by atoms with Crippen LogP contribution in [0.5, 0.6) is 5.75 Å². The smallest absolute Gasteiger partial charge is 0.275 e. The SMILES string of the molecule is COc1ccc(-c2ccccc2C(=O)NOCc2ccccc2)c(C(=O)Nc2ccc(C(=N)N)cc2)c1. The highest BCUT2D eigenvalue weighted by Crippen LogP contribution is 2.31. The van der Waals surface area contributed by atoms with Gasteiger partial charge in [-0.25, -0.2) is 5.48 Å². The number of rotatable bonds is 9. The van der Waals surface area contributed by atoms with Gasteiger partial charge in [-0.1, -0.05) is 48.5 Å². The molecule has 0 radical (unpaired) electrons. The number of hydrogen-bond acceptors (Lipinski definition) is 5. The van der Waals surface area contributed by atoms with Crippen LogP contribution in [0.2, 0.25) is 0 Å². The Hall–Kier alpha value is -4.95. The summed E-state index contributed by atoms with van der Waals surface area (Å²) in [6.45, 7) is 0.216. The highest BCUT2D eigenvalue weighted by Gasteiger charge is 2.20. The first-order valence-corrected chi connectivity index (χ1v) is 11.5. The van der Waals surface area contributed by atoms with Crippen molar-refractivity contribution < 1.29 is 19.2 Å². The lowest BCUT2D eigenvalue weighted by atomic mass is 9.94. The number of nitrogens with two attached hydrogens (primary N) is 1. The fourth-order valence-corrected chi connectivity index (χ4v) is 3.73. The van der Waals surface area contributed by atoms with Crippen LogP contribution in [0.3, 0.4) is 0 Å². The largest absolute Gasteiger partial charge is 0.497 e. The maximum Gasteiger partial charge on any atom is 0.275 e. The van der Waals surface area contributed by atoms with Crippen LogP contribution in [0.1, 0.15) is 31.8 Å². The number of benzene rings is 4. The van der Waals surface area contributed by atoms with E-state index in [4.69, 9.17) is 20.7 Å². The molecule has 0 saturated heterocycles. The third-order valence-corrected chi connectivity index (χ3v) is 5.63. The fraction of sp³-hybridized carbons (Fsp3) is 0.0690. The molecule has 5 N–H and O–H groups in total. The van der Waals surface area contributed by atoms with Crippen molar-refractivity contribution in [2.24, 2.45) is 5.73 Å². The summed E-state index contributed by atoms with van der Waals surface area (Å²) in [7, 11) is 1.52. The van der Waals surface area contributed by atoms with Crippen molar-refractivity contribution >= 4 is 23.3 Å². The van der Waals surface area contributed by atoms with E-state index in [-0.39, 0.29) is 18.3 Å². The minimum absolute atomic E-state index is 0.0596. The Labute approximate surface area is 214 Å². The molecule has 2 amide bonds. The lowest BCUT2D eigenvalue weighted by Gasteiger charge is -2.15. The standard InChI is InChI=1S/C29H26N4O4/c1-36-22-15-16-24(26(17-22)28(34)32-21-13-11-20(12-14-21)27(30)31)23-9-5-6-10-25(23)29(35)33-37-18-19-7-3-2-4-8-19/h2-17H,18H2,1H3,(H3,30,31)(H,32,34)(H,33,35). The number of amides is 2. The van der Waals surface area contributed by atoms with Crippen LogP contribution in [0.15, 0.2) is 97.1 Å². The van der Waals surface area contributed by atoms with Crippen molar-refractivity contribution in [3.63, 3.8) is 0 Å². The normalized spacial score (nSPS) is 10.4. The predicted molar refractivity (Wildman–Crippen MR) is 143 cm³/mol. The van der Waals surface area contributed by atoms with Crippen molar-refractivity contribution in [1.82, 2.24) is 5.48 Å². The molecule has 0 spiro atoms. The van der Waals surface area contributed by atoms with Gasteiger partial charge in [0, 0.05) is 16.8 Å². The molecule has 8 nitrogen and oxygen atoms in total. The molecule has 0 unspecified atom stereocenters. The molecule has 4 rings (SSSR count). The molecule has 0 aliphatic rings. The number of nitrogens with one attached hydrogen (secondary N) is 3. The molecule has 0 atom stereocenters. The summed E-state index contributed by atoms with van der Waals surface area (Å²) >= 11 is 0. The Morgan fingerprint density at radius 3 is 2.19 bits per heavy atom. The number of nitrogen functional groups attached to an aromatic ring is 1. The second-order valence-electron chi connectivity index (χ2n) is 8.11. The van der Waals surface area contributed by atoms with E-state index in [0.717, 1.165) is 5.56 Å². The van der Waals surface area contributed by atoms with Crippen LogP contribution in [0, 0.1) is 5.41 Å². The number of ether oxygens (including phenoxy) is 1. The lowest BCUT2D eigenvalue weighted by Crippen LogP contribution is -2.24. The van der Waals surface area contributed by atoms with E-state index in [2.05, 4.69) is 10.8 Å². The van der Waals surface area contributed by atoms with Gasteiger partial charge in [0.05, 0.1) is 19.3 Å². The molecule has 0 saturated carbocycles. The van der Waals surface area contributed by atoms with Crippen molar-refractivity contribution in [2.45, 2.75) is 6.61 Å². The van der Waals surface area contributed by atoms with Crippen LogP contribution in [-0.2, 0) is 11.4 Å². The van der Waals surface area contributed by atoms with E-state index in [1.165, 1.54) is 7.11 Å². The predicted octanol–water partition coefficient (Wildman–Crippen LogP) is 4.76. The maximum atomic E-state index is 13.3. The minimum Gasteiger partial charge on any atom is -0.497 e. The third-order valence-electron chi connectivity index (χ3n) is 5.63. The van der Waals surface area contributed by atoms with Crippen molar-refractivity contribution in [3.8, 4) is 16.9 Å². The van der Waals surface area contributed by atoms with E-state index in [9.17, 15) is 9.59 Å². The molecular formula is C29H26N4O4. The monoisotopic (exact) mass is 494 g/mol. The second-order valence-corrected chi connectivity index (χ2v) is 8.11. The lowest BCUT2D eigenvalue weighted by molar-refractivity contribution is 0.0234. The number of hydroxylamine groups is 1.